The van der Waals surface area contributed by atoms with Gasteiger partial charge in [-0.15, -0.1) is 0 Å². The molecule has 0 saturated heterocycles. The number of rotatable bonds is 3. The van der Waals surface area contributed by atoms with Gasteiger partial charge in [-0.25, -0.2) is 4.98 Å². The van der Waals surface area contributed by atoms with Crippen LogP contribution in [0, 0.1) is 0 Å². The van der Waals surface area contributed by atoms with Crippen LogP contribution in [0.3, 0.4) is 0 Å². The van der Waals surface area contributed by atoms with E-state index in [-0.39, 0.29) is 10.7 Å². The highest BCUT2D eigenvalue weighted by atomic mass is 35.5. The van der Waals surface area contributed by atoms with Crippen molar-refractivity contribution < 1.29 is 4.79 Å². The van der Waals surface area contributed by atoms with Gasteiger partial charge in [0.2, 0.25) is 5.95 Å². The lowest BCUT2D eigenvalue weighted by molar-refractivity contribution is 0.112. The summed E-state index contributed by atoms with van der Waals surface area (Å²) in [5.74, 6) is 0.791. The molecule has 6 heteroatoms. The molecule has 1 heterocycles. The molecule has 0 atom stereocenters. The van der Waals surface area contributed by atoms with Crippen molar-refractivity contribution in [2.75, 3.05) is 24.7 Å². The topological polar surface area (TPSA) is 66.9 Å². The molecule has 0 radical (unpaired) electrons. The van der Waals surface area contributed by atoms with Crippen molar-refractivity contribution in [3.8, 4) is 0 Å². The van der Waals surface area contributed by atoms with Crippen molar-refractivity contribution in [1.82, 2.24) is 9.97 Å². The monoisotopic (exact) mass is 200 g/mol. The molecule has 0 unspecified atom stereocenters. The van der Waals surface area contributed by atoms with Crippen LogP contribution in [-0.4, -0.2) is 30.3 Å². The lowest BCUT2D eigenvalue weighted by Crippen LogP contribution is -2.05. The predicted molar refractivity (Wildman–Crippen MR) is 51.5 cm³/mol. The zero-order chi connectivity index (χ0) is 9.84. The van der Waals surface area contributed by atoms with Crippen LogP contribution in [0.5, 0.6) is 0 Å². The molecule has 5 nitrogen and oxygen atoms in total. The van der Waals surface area contributed by atoms with E-state index in [0.717, 1.165) is 0 Å². The summed E-state index contributed by atoms with van der Waals surface area (Å²) in [6.07, 6.45) is 0.619. The first kappa shape index (κ1) is 9.73. The second-order valence-corrected chi connectivity index (χ2v) is 2.58. The van der Waals surface area contributed by atoms with Crippen molar-refractivity contribution in [2.24, 2.45) is 0 Å². The molecule has 1 aromatic rings. The van der Waals surface area contributed by atoms with Gasteiger partial charge in [0.1, 0.15) is 11.0 Å². The van der Waals surface area contributed by atoms with E-state index in [0.29, 0.717) is 18.1 Å². The van der Waals surface area contributed by atoms with E-state index < -0.39 is 0 Å². The molecule has 0 saturated carbocycles. The van der Waals surface area contributed by atoms with Gasteiger partial charge in [-0.05, 0) is 0 Å². The molecule has 1 aromatic heterocycles. The van der Waals surface area contributed by atoms with E-state index in [1.165, 1.54) is 0 Å². The summed E-state index contributed by atoms with van der Waals surface area (Å²) >= 11 is 5.73. The van der Waals surface area contributed by atoms with E-state index in [2.05, 4.69) is 20.6 Å². The average molecular weight is 201 g/mol. The van der Waals surface area contributed by atoms with Crippen LogP contribution in [0.15, 0.2) is 0 Å². The first-order valence-corrected chi connectivity index (χ1v) is 3.99. The molecule has 0 fully saturated rings. The van der Waals surface area contributed by atoms with Crippen molar-refractivity contribution in [3.63, 3.8) is 0 Å². The summed E-state index contributed by atoms with van der Waals surface area (Å²) in [5, 5.41) is 5.62. The summed E-state index contributed by atoms with van der Waals surface area (Å²) in [5.41, 5.74) is 0.267. The van der Waals surface area contributed by atoms with Gasteiger partial charge < -0.3 is 10.6 Å². The van der Waals surface area contributed by atoms with Crippen LogP contribution >= 0.6 is 11.6 Å². The van der Waals surface area contributed by atoms with E-state index in [9.17, 15) is 4.79 Å². The number of aromatic nitrogens is 2. The fourth-order valence-corrected chi connectivity index (χ4v) is 1.06. The minimum atomic E-state index is 0.138. The first-order valence-electron chi connectivity index (χ1n) is 3.61. The van der Waals surface area contributed by atoms with Gasteiger partial charge in [0.05, 0.1) is 5.56 Å². The highest BCUT2D eigenvalue weighted by molar-refractivity contribution is 6.32. The van der Waals surface area contributed by atoms with Crippen molar-refractivity contribution in [1.29, 1.82) is 0 Å². The second-order valence-electron chi connectivity index (χ2n) is 2.22. The molecule has 0 aliphatic rings. The molecule has 0 aliphatic carbocycles. The van der Waals surface area contributed by atoms with Crippen LogP contribution in [0.1, 0.15) is 10.4 Å². The maximum absolute atomic E-state index is 10.6. The van der Waals surface area contributed by atoms with Crippen LogP contribution < -0.4 is 10.6 Å². The zero-order valence-corrected chi connectivity index (χ0v) is 8.01. The molecular weight excluding hydrogens is 192 g/mol. The Morgan fingerprint density at radius 3 is 2.46 bits per heavy atom. The maximum Gasteiger partial charge on any atom is 0.225 e. The molecule has 13 heavy (non-hydrogen) atoms. The van der Waals surface area contributed by atoms with Gasteiger partial charge in [0.15, 0.2) is 6.29 Å². The summed E-state index contributed by atoms with van der Waals surface area (Å²) in [6.45, 7) is 0. The smallest absolute Gasteiger partial charge is 0.225 e. The first-order chi connectivity index (χ1) is 6.22. The predicted octanol–water partition coefficient (Wildman–Crippen LogP) is 1.03. The highest BCUT2D eigenvalue weighted by Crippen LogP contribution is 2.19. The van der Waals surface area contributed by atoms with Crippen LogP contribution in [0.25, 0.3) is 0 Å². The number of hydrogen-bond donors (Lipinski definition) is 2. The van der Waals surface area contributed by atoms with Crippen molar-refractivity contribution in [2.45, 2.75) is 0 Å². The van der Waals surface area contributed by atoms with Crippen LogP contribution in [0.2, 0.25) is 5.15 Å². The Bertz CT molecular complexity index is 329. The molecular formula is C7H9ClN4O. The lowest BCUT2D eigenvalue weighted by Gasteiger charge is -2.06. The Morgan fingerprint density at radius 1 is 1.31 bits per heavy atom. The SMILES string of the molecule is CNc1nc(Cl)c(C=O)c(NC)n1. The second kappa shape index (κ2) is 4.04. The Morgan fingerprint density at radius 2 is 2.00 bits per heavy atom. The minimum absolute atomic E-state index is 0.138. The van der Waals surface area contributed by atoms with Crippen molar-refractivity contribution >= 4 is 29.7 Å². The van der Waals surface area contributed by atoms with Crippen molar-refractivity contribution in [3.05, 3.63) is 10.7 Å². The van der Waals surface area contributed by atoms with Gasteiger partial charge in [-0.3, -0.25) is 4.79 Å². The molecule has 0 spiro atoms. The minimum Gasteiger partial charge on any atom is -0.372 e. The van der Waals surface area contributed by atoms with Gasteiger partial charge in [-0.2, -0.15) is 4.98 Å². The van der Waals surface area contributed by atoms with Gasteiger partial charge in [-0.1, -0.05) is 11.6 Å². The van der Waals surface area contributed by atoms with Gasteiger partial charge in [0.25, 0.3) is 0 Å². The quantitative estimate of drug-likeness (QED) is 0.564. The third-order valence-electron chi connectivity index (χ3n) is 1.48. The molecule has 2 N–H and O–H groups in total. The lowest BCUT2D eigenvalue weighted by atomic mass is 10.3. The number of aldehydes is 1. The van der Waals surface area contributed by atoms with E-state index >= 15 is 0 Å². The van der Waals surface area contributed by atoms with Gasteiger partial charge in [0, 0.05) is 14.1 Å². The summed E-state index contributed by atoms with van der Waals surface area (Å²) < 4.78 is 0. The Labute approximate surface area is 80.5 Å². The molecule has 70 valence electrons. The van der Waals surface area contributed by atoms with Crippen LogP contribution in [-0.2, 0) is 0 Å². The molecule has 0 aliphatic heterocycles. The zero-order valence-electron chi connectivity index (χ0n) is 7.26. The summed E-state index contributed by atoms with van der Waals surface area (Å²) in [6, 6.07) is 0. The third kappa shape index (κ3) is 1.86. The number of nitrogens with one attached hydrogen (secondary N) is 2. The number of nitrogens with zero attached hydrogens (tertiary/aromatic N) is 2. The van der Waals surface area contributed by atoms with E-state index in [4.69, 9.17) is 11.6 Å². The largest absolute Gasteiger partial charge is 0.372 e. The number of hydrogen-bond acceptors (Lipinski definition) is 5. The summed E-state index contributed by atoms with van der Waals surface area (Å²) in [4.78, 5) is 18.4. The molecule has 0 bridgehead atoms. The average Bonchev–Trinajstić information content (AvgIpc) is 2.16. The van der Waals surface area contributed by atoms with E-state index in [1.807, 2.05) is 0 Å². The number of carbonyl (C=O) groups excluding carboxylic acids is 1. The standard InChI is InChI=1S/C7H9ClN4O/c1-9-6-4(3-13)5(8)11-7(10-2)12-6/h3H,1-2H3,(H2,9,10,11,12). The summed E-state index contributed by atoms with van der Waals surface area (Å²) in [7, 11) is 3.33. The number of anilines is 2. The Hall–Kier alpha value is -1.36. The maximum atomic E-state index is 10.6. The fourth-order valence-electron chi connectivity index (χ4n) is 0.849. The highest BCUT2D eigenvalue weighted by Gasteiger charge is 2.09. The molecule has 0 aromatic carbocycles. The number of carbonyl (C=O) groups is 1. The third-order valence-corrected chi connectivity index (χ3v) is 1.77. The molecule has 0 amide bonds. The Balaban J connectivity index is 3.28. The normalized spacial score (nSPS) is 9.46. The van der Waals surface area contributed by atoms with Gasteiger partial charge >= 0.3 is 0 Å². The van der Waals surface area contributed by atoms with Crippen LogP contribution in [0.4, 0.5) is 11.8 Å². The number of halogens is 1. The molecule has 1 rings (SSSR count). The fraction of sp³-hybridized carbons (Fsp3) is 0.286. The Kier molecular flexibility index (Phi) is 3.02. The van der Waals surface area contributed by atoms with E-state index in [1.54, 1.807) is 14.1 Å².